The van der Waals surface area contributed by atoms with Crippen molar-refractivity contribution in [2.45, 2.75) is 45.2 Å². The maximum absolute atomic E-state index is 3.35. The van der Waals surface area contributed by atoms with Gasteiger partial charge in [-0.25, -0.2) is 0 Å². The van der Waals surface area contributed by atoms with Crippen LogP contribution in [0.5, 0.6) is 0 Å². The highest BCUT2D eigenvalue weighted by molar-refractivity contribution is 5.59. The van der Waals surface area contributed by atoms with Gasteiger partial charge in [-0.1, -0.05) is 25.1 Å². The third kappa shape index (κ3) is 2.63. The van der Waals surface area contributed by atoms with Crippen molar-refractivity contribution in [1.29, 1.82) is 0 Å². The molecule has 0 radical (unpaired) electrons. The van der Waals surface area contributed by atoms with E-state index in [0.29, 0.717) is 12.1 Å². The summed E-state index contributed by atoms with van der Waals surface area (Å²) in [5.41, 5.74) is 2.98. The number of hydrogen-bond donors (Lipinski definition) is 1. The molecule has 2 nitrogen and oxygen atoms in total. The molecule has 0 amide bonds. The quantitative estimate of drug-likeness (QED) is 0.840. The lowest BCUT2D eigenvalue weighted by Gasteiger charge is -2.29. The van der Waals surface area contributed by atoms with Crippen molar-refractivity contribution in [1.82, 2.24) is 5.32 Å². The normalized spacial score (nSPS) is 20.4. The molecule has 0 aliphatic carbocycles. The number of para-hydroxylation sites is 1. The van der Waals surface area contributed by atoms with Crippen molar-refractivity contribution in [3.05, 3.63) is 29.8 Å². The highest BCUT2D eigenvalue weighted by Crippen LogP contribution is 2.33. The van der Waals surface area contributed by atoms with Crippen molar-refractivity contribution in [3.8, 4) is 0 Å². The van der Waals surface area contributed by atoms with Gasteiger partial charge in [-0.15, -0.1) is 0 Å². The van der Waals surface area contributed by atoms with Gasteiger partial charge in [0.25, 0.3) is 0 Å². The zero-order chi connectivity index (χ0) is 12.3. The van der Waals surface area contributed by atoms with Crippen LogP contribution in [-0.2, 0) is 6.42 Å². The predicted molar refractivity (Wildman–Crippen MR) is 74.7 cm³/mol. The second kappa shape index (κ2) is 5.54. The highest BCUT2D eigenvalue weighted by atomic mass is 15.2. The molecule has 1 heterocycles. The fraction of sp³-hybridized carbons (Fsp3) is 0.600. The van der Waals surface area contributed by atoms with Crippen LogP contribution in [0, 0.1) is 0 Å². The van der Waals surface area contributed by atoms with Gasteiger partial charge in [0.2, 0.25) is 0 Å². The van der Waals surface area contributed by atoms with Crippen molar-refractivity contribution in [2.75, 3.05) is 18.5 Å². The molecule has 0 bridgehead atoms. The zero-order valence-corrected chi connectivity index (χ0v) is 11.2. The molecule has 1 aromatic carbocycles. The van der Waals surface area contributed by atoms with E-state index in [1.807, 2.05) is 0 Å². The van der Waals surface area contributed by atoms with Crippen LogP contribution in [0.15, 0.2) is 24.3 Å². The number of anilines is 1. The Balaban J connectivity index is 2.14. The van der Waals surface area contributed by atoms with Gasteiger partial charge >= 0.3 is 0 Å². The molecule has 0 aromatic heterocycles. The molecule has 2 atom stereocenters. The molecule has 94 valence electrons. The molecule has 1 aliphatic heterocycles. The molecular formula is C15H24N2. The smallest absolute Gasteiger partial charge is 0.0402 e. The van der Waals surface area contributed by atoms with Gasteiger partial charge in [0.15, 0.2) is 0 Å². The molecule has 1 aromatic rings. The van der Waals surface area contributed by atoms with E-state index in [4.69, 9.17) is 0 Å². The van der Waals surface area contributed by atoms with Crippen LogP contribution in [0.25, 0.3) is 0 Å². The topological polar surface area (TPSA) is 15.3 Å². The summed E-state index contributed by atoms with van der Waals surface area (Å²) in [6.45, 7) is 5.71. The molecule has 2 rings (SSSR count). The Kier molecular flexibility index (Phi) is 4.06. The summed E-state index contributed by atoms with van der Waals surface area (Å²) in [4.78, 5) is 2.60. The Bertz CT molecular complexity index is 362. The summed E-state index contributed by atoms with van der Waals surface area (Å²) in [6, 6.07) is 10.1. The molecule has 0 spiro atoms. The van der Waals surface area contributed by atoms with Crippen LogP contribution >= 0.6 is 0 Å². The van der Waals surface area contributed by atoms with Crippen molar-refractivity contribution < 1.29 is 0 Å². The average Bonchev–Trinajstić information content (AvgIpc) is 2.68. The summed E-state index contributed by atoms with van der Waals surface area (Å²) >= 11 is 0. The van der Waals surface area contributed by atoms with Gasteiger partial charge in [0.1, 0.15) is 0 Å². The third-order valence-electron chi connectivity index (χ3n) is 3.78. The van der Waals surface area contributed by atoms with E-state index in [-0.39, 0.29) is 0 Å². The van der Waals surface area contributed by atoms with E-state index in [1.54, 1.807) is 0 Å². The lowest BCUT2D eigenvalue weighted by molar-refractivity contribution is 0.477. The van der Waals surface area contributed by atoms with E-state index in [2.05, 4.69) is 55.4 Å². The Morgan fingerprint density at radius 3 is 2.88 bits per heavy atom. The summed E-state index contributed by atoms with van der Waals surface area (Å²) in [5.74, 6) is 0. The lowest BCUT2D eigenvalue weighted by Crippen LogP contribution is -2.38. The SMILES string of the molecule is CCCN1c2ccccc2CC1CC(C)NC. The van der Waals surface area contributed by atoms with Crippen LogP contribution in [-0.4, -0.2) is 25.7 Å². The first-order valence-electron chi connectivity index (χ1n) is 6.78. The number of hydrogen-bond acceptors (Lipinski definition) is 2. The Hall–Kier alpha value is -1.02. The van der Waals surface area contributed by atoms with E-state index in [9.17, 15) is 0 Å². The van der Waals surface area contributed by atoms with Gasteiger partial charge in [0, 0.05) is 24.3 Å². The second-order valence-corrected chi connectivity index (χ2v) is 5.11. The first kappa shape index (κ1) is 12.4. The fourth-order valence-corrected chi connectivity index (χ4v) is 2.80. The molecule has 0 saturated carbocycles. The number of nitrogens with zero attached hydrogens (tertiary/aromatic N) is 1. The van der Waals surface area contributed by atoms with Crippen LogP contribution in [0.4, 0.5) is 5.69 Å². The number of fused-ring (bicyclic) bond motifs is 1. The summed E-state index contributed by atoms with van der Waals surface area (Å²) in [5, 5.41) is 3.35. The first-order valence-corrected chi connectivity index (χ1v) is 6.78. The molecule has 0 saturated heterocycles. The first-order chi connectivity index (χ1) is 8.26. The van der Waals surface area contributed by atoms with Crippen LogP contribution in [0.1, 0.15) is 32.3 Å². The molecular weight excluding hydrogens is 208 g/mol. The summed E-state index contributed by atoms with van der Waals surface area (Å²) in [7, 11) is 2.05. The minimum atomic E-state index is 0.591. The molecule has 2 heteroatoms. The van der Waals surface area contributed by atoms with Crippen LogP contribution < -0.4 is 10.2 Å². The Labute approximate surface area is 105 Å². The summed E-state index contributed by atoms with van der Waals surface area (Å²) < 4.78 is 0. The van der Waals surface area contributed by atoms with E-state index < -0.39 is 0 Å². The minimum Gasteiger partial charge on any atom is -0.368 e. The van der Waals surface area contributed by atoms with Gasteiger partial charge < -0.3 is 10.2 Å². The highest BCUT2D eigenvalue weighted by Gasteiger charge is 2.28. The van der Waals surface area contributed by atoms with Crippen molar-refractivity contribution in [2.24, 2.45) is 0 Å². The molecule has 0 fully saturated rings. The number of nitrogens with one attached hydrogen (secondary N) is 1. The van der Waals surface area contributed by atoms with Gasteiger partial charge in [-0.2, -0.15) is 0 Å². The maximum atomic E-state index is 3.35. The van der Waals surface area contributed by atoms with Gasteiger partial charge in [-0.3, -0.25) is 0 Å². The Morgan fingerprint density at radius 2 is 2.18 bits per heavy atom. The second-order valence-electron chi connectivity index (χ2n) is 5.11. The molecule has 1 aliphatic rings. The van der Waals surface area contributed by atoms with Crippen molar-refractivity contribution >= 4 is 5.69 Å². The standard InChI is InChI=1S/C15H24N2/c1-4-9-17-14(10-12(2)16-3)11-13-7-5-6-8-15(13)17/h5-8,12,14,16H,4,9-11H2,1-3H3. The zero-order valence-electron chi connectivity index (χ0n) is 11.2. The number of benzene rings is 1. The molecule has 17 heavy (non-hydrogen) atoms. The van der Waals surface area contributed by atoms with E-state index in [1.165, 1.54) is 37.1 Å². The lowest BCUT2D eigenvalue weighted by atomic mass is 10.0. The average molecular weight is 232 g/mol. The van der Waals surface area contributed by atoms with E-state index >= 15 is 0 Å². The molecule has 2 unspecified atom stereocenters. The maximum Gasteiger partial charge on any atom is 0.0402 e. The van der Waals surface area contributed by atoms with E-state index in [0.717, 1.165) is 0 Å². The van der Waals surface area contributed by atoms with Gasteiger partial charge in [-0.05, 0) is 44.9 Å². The predicted octanol–water partition coefficient (Wildman–Crippen LogP) is 2.83. The monoisotopic (exact) mass is 232 g/mol. The van der Waals surface area contributed by atoms with Crippen LogP contribution in [0.2, 0.25) is 0 Å². The minimum absolute atomic E-state index is 0.591. The van der Waals surface area contributed by atoms with Crippen molar-refractivity contribution in [3.63, 3.8) is 0 Å². The number of rotatable bonds is 5. The van der Waals surface area contributed by atoms with Gasteiger partial charge in [0.05, 0.1) is 0 Å². The largest absolute Gasteiger partial charge is 0.368 e. The third-order valence-corrected chi connectivity index (χ3v) is 3.78. The van der Waals surface area contributed by atoms with Crippen LogP contribution in [0.3, 0.4) is 0 Å². The Morgan fingerprint density at radius 1 is 1.41 bits per heavy atom. The molecule has 1 N–H and O–H groups in total. The summed E-state index contributed by atoms with van der Waals surface area (Å²) in [6.07, 6.45) is 3.66. The fourth-order valence-electron chi connectivity index (χ4n) is 2.80.